The summed E-state index contributed by atoms with van der Waals surface area (Å²) in [4.78, 5) is 5.81. The number of thiophene rings is 1. The van der Waals surface area contributed by atoms with Crippen LogP contribution in [0.15, 0.2) is 36.0 Å². The summed E-state index contributed by atoms with van der Waals surface area (Å²) in [7, 11) is 0. The number of anilines is 1. The number of hydrogen-bond donors (Lipinski definition) is 2. The molecule has 2 heterocycles. The van der Waals surface area contributed by atoms with E-state index in [1.54, 1.807) is 23.7 Å². The number of nitrogens with zero attached hydrogens (tertiary/aromatic N) is 1. The number of hydrogen-bond acceptors (Lipinski definition) is 4. The molecule has 3 nitrogen and oxygen atoms in total. The summed E-state index contributed by atoms with van der Waals surface area (Å²) in [6.07, 6.45) is 4.46. The Morgan fingerprint density at radius 2 is 2.39 bits per heavy atom. The Morgan fingerprint density at radius 3 is 3.00 bits per heavy atom. The van der Waals surface area contributed by atoms with E-state index < -0.39 is 0 Å². The van der Waals surface area contributed by atoms with E-state index in [1.165, 1.54) is 4.88 Å². The van der Waals surface area contributed by atoms with Gasteiger partial charge in [0.05, 0.1) is 17.9 Å². The maximum atomic E-state index is 5.72. The molecule has 0 saturated carbocycles. The normalized spacial score (nSPS) is 12.1. The van der Waals surface area contributed by atoms with E-state index in [-0.39, 0.29) is 6.04 Å². The lowest BCUT2D eigenvalue weighted by molar-refractivity contribution is 0.763. The van der Waals surface area contributed by atoms with Gasteiger partial charge in [-0.2, -0.15) is 0 Å². The third-order valence-corrected chi connectivity index (χ3v) is 3.92. The molecule has 3 N–H and O–H groups in total. The Kier molecular flexibility index (Phi) is 4.28. The van der Waals surface area contributed by atoms with E-state index in [0.717, 1.165) is 17.7 Å². The highest BCUT2D eigenvalue weighted by atomic mass is 32.1. The maximum Gasteiger partial charge on any atom is 0.106 e. The van der Waals surface area contributed by atoms with E-state index in [0.29, 0.717) is 4.99 Å². The van der Waals surface area contributed by atoms with Crippen LogP contribution in [0.1, 0.15) is 29.8 Å². The van der Waals surface area contributed by atoms with Crippen molar-refractivity contribution < 1.29 is 0 Å². The van der Waals surface area contributed by atoms with Crippen molar-refractivity contribution in [1.29, 1.82) is 0 Å². The molecular formula is C13H15N3S2. The number of thiocarbonyl (C=S) groups is 1. The van der Waals surface area contributed by atoms with Crippen molar-refractivity contribution in [2.45, 2.75) is 19.4 Å². The molecule has 0 radical (unpaired) electrons. The maximum absolute atomic E-state index is 5.72. The zero-order valence-corrected chi connectivity index (χ0v) is 11.7. The van der Waals surface area contributed by atoms with E-state index in [9.17, 15) is 0 Å². The predicted molar refractivity (Wildman–Crippen MR) is 81.1 cm³/mol. The molecule has 2 aromatic heterocycles. The van der Waals surface area contributed by atoms with Gasteiger partial charge in [-0.05, 0) is 23.9 Å². The van der Waals surface area contributed by atoms with Crippen molar-refractivity contribution in [3.05, 3.63) is 46.4 Å². The Hall–Kier alpha value is -1.46. The lowest BCUT2D eigenvalue weighted by Gasteiger charge is -2.18. The molecule has 2 rings (SSSR count). The van der Waals surface area contributed by atoms with Crippen LogP contribution >= 0.6 is 23.6 Å². The van der Waals surface area contributed by atoms with Gasteiger partial charge in [0.15, 0.2) is 0 Å². The van der Waals surface area contributed by atoms with Crippen LogP contribution in [0.3, 0.4) is 0 Å². The van der Waals surface area contributed by atoms with Gasteiger partial charge in [0.2, 0.25) is 0 Å². The van der Waals surface area contributed by atoms with Crippen LogP contribution in [0, 0.1) is 0 Å². The van der Waals surface area contributed by atoms with Crippen molar-refractivity contribution in [1.82, 2.24) is 4.98 Å². The van der Waals surface area contributed by atoms with Crippen LogP contribution in [0.4, 0.5) is 5.69 Å². The molecule has 0 fully saturated rings. The molecule has 1 atom stereocenters. The average molecular weight is 277 g/mol. The van der Waals surface area contributed by atoms with Gasteiger partial charge in [-0.25, -0.2) is 0 Å². The summed E-state index contributed by atoms with van der Waals surface area (Å²) in [5.41, 5.74) is 7.45. The lowest BCUT2D eigenvalue weighted by Crippen LogP contribution is -2.16. The van der Waals surface area contributed by atoms with E-state index in [2.05, 4.69) is 34.7 Å². The first-order valence-electron chi connectivity index (χ1n) is 5.76. The van der Waals surface area contributed by atoms with Gasteiger partial charge in [0.25, 0.3) is 0 Å². The van der Waals surface area contributed by atoms with Crippen LogP contribution in [-0.2, 0) is 0 Å². The molecule has 0 spiro atoms. The number of nitrogens with one attached hydrogen (secondary N) is 1. The molecule has 94 valence electrons. The molecule has 0 amide bonds. The van der Waals surface area contributed by atoms with Gasteiger partial charge in [0, 0.05) is 16.6 Å². The summed E-state index contributed by atoms with van der Waals surface area (Å²) in [5, 5.41) is 5.54. The SMILES string of the molecule is CCC(Nc1cnccc1C(N)=S)c1cccs1. The zero-order valence-electron chi connectivity index (χ0n) is 10.1. The minimum atomic E-state index is 0.266. The van der Waals surface area contributed by atoms with Crippen LogP contribution in [0.2, 0.25) is 0 Å². The highest BCUT2D eigenvalue weighted by Gasteiger charge is 2.13. The quantitative estimate of drug-likeness (QED) is 0.823. The van der Waals surface area contributed by atoms with Crippen molar-refractivity contribution in [2.24, 2.45) is 5.73 Å². The van der Waals surface area contributed by atoms with Gasteiger partial charge >= 0.3 is 0 Å². The second-order valence-electron chi connectivity index (χ2n) is 3.91. The summed E-state index contributed by atoms with van der Waals surface area (Å²) in [6.45, 7) is 2.15. The molecule has 0 aromatic carbocycles. The van der Waals surface area contributed by atoms with E-state index in [1.807, 2.05) is 6.07 Å². The van der Waals surface area contributed by atoms with Crippen molar-refractivity contribution >= 4 is 34.2 Å². The lowest BCUT2D eigenvalue weighted by atomic mass is 10.1. The van der Waals surface area contributed by atoms with Crippen LogP contribution < -0.4 is 11.1 Å². The minimum absolute atomic E-state index is 0.266. The van der Waals surface area contributed by atoms with Gasteiger partial charge in [0.1, 0.15) is 4.99 Å². The van der Waals surface area contributed by atoms with E-state index >= 15 is 0 Å². The fourth-order valence-electron chi connectivity index (χ4n) is 1.78. The Balaban J connectivity index is 2.25. The third kappa shape index (κ3) is 2.86. The van der Waals surface area contributed by atoms with Gasteiger partial charge in [-0.15, -0.1) is 11.3 Å². The molecule has 0 bridgehead atoms. The Bertz CT molecular complexity index is 523. The van der Waals surface area contributed by atoms with Crippen molar-refractivity contribution in [3.8, 4) is 0 Å². The fraction of sp³-hybridized carbons (Fsp3) is 0.231. The largest absolute Gasteiger partial charge is 0.389 e. The number of rotatable bonds is 5. The molecule has 1 unspecified atom stereocenters. The molecule has 0 aliphatic heterocycles. The summed E-state index contributed by atoms with van der Waals surface area (Å²) in [6, 6.07) is 6.29. The molecule has 0 aliphatic carbocycles. The third-order valence-electron chi connectivity index (χ3n) is 2.71. The van der Waals surface area contributed by atoms with Gasteiger partial charge < -0.3 is 11.1 Å². The second kappa shape index (κ2) is 5.93. The summed E-state index contributed by atoms with van der Waals surface area (Å²) in [5.74, 6) is 0. The summed E-state index contributed by atoms with van der Waals surface area (Å²) < 4.78 is 0. The number of aromatic nitrogens is 1. The standard InChI is InChI=1S/C13H15N3S2/c1-2-10(12-4-3-7-18-12)16-11-8-15-6-5-9(11)13(14)17/h3-8,10,16H,2H2,1H3,(H2,14,17). The Morgan fingerprint density at radius 1 is 1.56 bits per heavy atom. The topological polar surface area (TPSA) is 50.9 Å². The van der Waals surface area contributed by atoms with Crippen LogP contribution in [0.25, 0.3) is 0 Å². The van der Waals surface area contributed by atoms with Gasteiger partial charge in [-0.3, -0.25) is 4.98 Å². The van der Waals surface area contributed by atoms with E-state index in [4.69, 9.17) is 18.0 Å². The average Bonchev–Trinajstić information content (AvgIpc) is 2.90. The predicted octanol–water partition coefficient (Wildman–Crippen LogP) is 3.34. The minimum Gasteiger partial charge on any atom is -0.389 e. The van der Waals surface area contributed by atoms with Crippen LogP contribution in [0.5, 0.6) is 0 Å². The van der Waals surface area contributed by atoms with Crippen molar-refractivity contribution in [2.75, 3.05) is 5.32 Å². The molecule has 0 aliphatic rings. The molecule has 0 saturated heterocycles. The monoisotopic (exact) mass is 277 g/mol. The smallest absolute Gasteiger partial charge is 0.106 e. The first kappa shape index (κ1) is 13.0. The Labute approximate surface area is 116 Å². The first-order chi connectivity index (χ1) is 8.72. The molecule has 18 heavy (non-hydrogen) atoms. The highest BCUT2D eigenvalue weighted by molar-refractivity contribution is 7.80. The second-order valence-corrected chi connectivity index (χ2v) is 5.33. The van der Waals surface area contributed by atoms with Gasteiger partial charge in [-0.1, -0.05) is 25.2 Å². The zero-order chi connectivity index (χ0) is 13.0. The van der Waals surface area contributed by atoms with Crippen molar-refractivity contribution in [3.63, 3.8) is 0 Å². The fourth-order valence-corrected chi connectivity index (χ4v) is 2.82. The molecule has 5 heteroatoms. The highest BCUT2D eigenvalue weighted by Crippen LogP contribution is 2.27. The number of nitrogens with two attached hydrogens (primary N) is 1. The summed E-state index contributed by atoms with van der Waals surface area (Å²) >= 11 is 6.79. The molecule has 2 aromatic rings. The van der Waals surface area contributed by atoms with Crippen LogP contribution in [-0.4, -0.2) is 9.97 Å². The first-order valence-corrected chi connectivity index (χ1v) is 7.05. The molecular weight excluding hydrogens is 262 g/mol. The number of pyridine rings is 1.